The fourth-order valence-corrected chi connectivity index (χ4v) is 0.295. The highest BCUT2D eigenvalue weighted by atomic mass is 16.9. The molecule has 3 N–H and O–H groups in total. The minimum atomic E-state index is -1.75. The number of likely N-dealkylation sites (N-methyl/N-ethyl adjacent to an activating group) is 1. The van der Waals surface area contributed by atoms with Gasteiger partial charge in [0.2, 0.25) is 0 Å². The summed E-state index contributed by atoms with van der Waals surface area (Å²) in [6.45, 7) is 4.28. The van der Waals surface area contributed by atoms with Crippen LogP contribution in [0.1, 0.15) is 6.92 Å². The van der Waals surface area contributed by atoms with Crippen molar-refractivity contribution >= 4 is 0 Å². The summed E-state index contributed by atoms with van der Waals surface area (Å²) < 4.78 is 0. The Balaban J connectivity index is 0. The zero-order valence-corrected chi connectivity index (χ0v) is 5.82. The van der Waals surface area contributed by atoms with Gasteiger partial charge in [-0.15, -0.1) is 0 Å². The zero-order valence-electron chi connectivity index (χ0n) is 5.82. The molecule has 0 aromatic rings. The van der Waals surface area contributed by atoms with Crippen LogP contribution < -0.4 is 5.32 Å². The molecule has 0 atom stereocenters. The lowest BCUT2D eigenvalue weighted by molar-refractivity contribution is -0.652. The second-order valence-electron chi connectivity index (χ2n) is 1.43. The molecular weight excluding hydrogens is 140 g/mol. The molecule has 0 amide bonds. The molecule has 0 fully saturated rings. The topological polar surface area (TPSA) is 103 Å². The van der Waals surface area contributed by atoms with Crippen LogP contribution in [0.4, 0.5) is 0 Å². The third-order valence-corrected chi connectivity index (χ3v) is 0.622. The van der Waals surface area contributed by atoms with Crippen LogP contribution in [0.3, 0.4) is 0 Å². The number of nitrogens with two attached hydrogens (primary N) is 1. The minimum absolute atomic E-state index is 0.299. The summed E-state index contributed by atoms with van der Waals surface area (Å²) in [6, 6.07) is 0. The van der Waals surface area contributed by atoms with Crippen LogP contribution in [-0.2, 0) is 0 Å². The van der Waals surface area contributed by atoms with Crippen LogP contribution in [0.5, 0.6) is 0 Å². The number of aliphatic hydroxyl groups is 1. The Morgan fingerprint density at radius 2 is 2.00 bits per heavy atom. The van der Waals surface area contributed by atoms with Crippen LogP contribution in [0.15, 0.2) is 0 Å². The van der Waals surface area contributed by atoms with Gasteiger partial charge in [0, 0.05) is 0 Å². The van der Waals surface area contributed by atoms with Crippen LogP contribution in [0.2, 0.25) is 0 Å². The normalized spacial score (nSPS) is 7.80. The molecule has 0 saturated heterocycles. The molecular formula is C4H12N2O4. The molecule has 0 radical (unpaired) electrons. The molecule has 0 spiro atoms. The van der Waals surface area contributed by atoms with Crippen molar-refractivity contribution in [1.82, 2.24) is 0 Å². The Bertz CT molecular complexity index is 69.7. The Labute approximate surface area is 58.6 Å². The van der Waals surface area contributed by atoms with Crippen molar-refractivity contribution < 1.29 is 15.5 Å². The second kappa shape index (κ2) is 11.0. The Morgan fingerprint density at radius 3 is 2.10 bits per heavy atom. The first kappa shape index (κ1) is 11.9. The molecule has 0 bridgehead atoms. The van der Waals surface area contributed by atoms with Gasteiger partial charge in [0.25, 0.3) is 0 Å². The number of aliphatic hydroxyl groups excluding tert-OH is 1. The molecule has 6 heteroatoms. The van der Waals surface area contributed by atoms with E-state index >= 15 is 0 Å². The molecule has 0 aliphatic heterocycles. The van der Waals surface area contributed by atoms with Gasteiger partial charge in [-0.05, 0) is 6.92 Å². The van der Waals surface area contributed by atoms with Crippen molar-refractivity contribution in [2.45, 2.75) is 6.92 Å². The monoisotopic (exact) mass is 152 g/mol. The molecule has 62 valence electrons. The van der Waals surface area contributed by atoms with E-state index in [-0.39, 0.29) is 0 Å². The summed E-state index contributed by atoms with van der Waals surface area (Å²) in [5.74, 6) is 0. The average Bonchev–Trinajstić information content (AvgIpc) is 1.82. The van der Waals surface area contributed by atoms with E-state index in [9.17, 15) is 0 Å². The molecule has 0 unspecified atom stereocenters. The van der Waals surface area contributed by atoms with Gasteiger partial charge in [-0.2, -0.15) is 0 Å². The summed E-state index contributed by atoms with van der Waals surface area (Å²) in [5.41, 5.74) is 0. The van der Waals surface area contributed by atoms with Crippen molar-refractivity contribution in [3.8, 4) is 0 Å². The van der Waals surface area contributed by atoms with E-state index in [0.29, 0.717) is 6.61 Å². The van der Waals surface area contributed by atoms with Gasteiger partial charge < -0.3 is 25.7 Å². The van der Waals surface area contributed by atoms with Crippen molar-refractivity contribution in [3.05, 3.63) is 15.3 Å². The second-order valence-corrected chi connectivity index (χ2v) is 1.43. The summed E-state index contributed by atoms with van der Waals surface area (Å²) >= 11 is 0. The van der Waals surface area contributed by atoms with E-state index in [1.165, 1.54) is 0 Å². The summed E-state index contributed by atoms with van der Waals surface area (Å²) in [5, 5.41) is 25.0. The van der Waals surface area contributed by atoms with Gasteiger partial charge in [-0.25, -0.2) is 0 Å². The van der Waals surface area contributed by atoms with Crippen molar-refractivity contribution in [3.63, 3.8) is 0 Å². The lowest BCUT2D eigenvalue weighted by atomic mass is 10.6. The molecule has 0 aromatic carbocycles. The number of hydrogen-bond acceptors (Lipinski definition) is 4. The molecule has 0 rings (SSSR count). The highest BCUT2D eigenvalue weighted by molar-refractivity contribution is 4.10. The molecule has 0 aromatic heterocycles. The molecule has 0 heterocycles. The molecule has 0 saturated carbocycles. The third kappa shape index (κ3) is 59.3. The van der Waals surface area contributed by atoms with Gasteiger partial charge in [0.15, 0.2) is 0 Å². The Kier molecular flexibility index (Phi) is 13.0. The van der Waals surface area contributed by atoms with Crippen molar-refractivity contribution in [2.24, 2.45) is 0 Å². The molecule has 0 aliphatic carbocycles. The van der Waals surface area contributed by atoms with E-state index in [1.807, 2.05) is 0 Å². The van der Waals surface area contributed by atoms with Crippen LogP contribution >= 0.6 is 0 Å². The zero-order chi connectivity index (χ0) is 8.41. The van der Waals surface area contributed by atoms with Gasteiger partial charge in [-0.1, -0.05) is 0 Å². The molecule has 0 aliphatic rings. The van der Waals surface area contributed by atoms with Gasteiger partial charge >= 0.3 is 0 Å². The van der Waals surface area contributed by atoms with E-state index < -0.39 is 5.09 Å². The fraction of sp³-hybridized carbons (Fsp3) is 1.00. The van der Waals surface area contributed by atoms with Gasteiger partial charge in [0.05, 0.1) is 24.8 Å². The van der Waals surface area contributed by atoms with Crippen LogP contribution in [0.25, 0.3) is 0 Å². The first-order valence-corrected chi connectivity index (χ1v) is 2.89. The van der Waals surface area contributed by atoms with E-state index in [0.717, 1.165) is 13.1 Å². The van der Waals surface area contributed by atoms with E-state index in [4.69, 9.17) is 20.4 Å². The number of rotatable bonds is 3. The van der Waals surface area contributed by atoms with Gasteiger partial charge in [0.1, 0.15) is 0 Å². The highest BCUT2D eigenvalue weighted by Crippen LogP contribution is 1.44. The number of nitrogens with zero attached hydrogens (tertiary/aromatic N) is 1. The summed E-state index contributed by atoms with van der Waals surface area (Å²) in [7, 11) is 0. The predicted molar refractivity (Wildman–Crippen MR) is 34.8 cm³/mol. The summed E-state index contributed by atoms with van der Waals surface area (Å²) in [4.78, 5) is 8.25. The third-order valence-electron chi connectivity index (χ3n) is 0.622. The Hall–Kier alpha value is -0.880. The van der Waals surface area contributed by atoms with Crippen LogP contribution in [-0.4, -0.2) is 29.9 Å². The lowest BCUT2D eigenvalue weighted by Crippen LogP contribution is -2.84. The number of hydrogen-bond donors (Lipinski definition) is 2. The Morgan fingerprint density at radius 1 is 1.60 bits per heavy atom. The maximum absolute atomic E-state index is 8.25. The maximum atomic E-state index is 8.25. The quantitative estimate of drug-likeness (QED) is 0.286. The molecule has 10 heavy (non-hydrogen) atoms. The predicted octanol–water partition coefficient (Wildman–Crippen LogP) is -1.68. The first-order valence-electron chi connectivity index (χ1n) is 2.89. The van der Waals surface area contributed by atoms with Crippen LogP contribution in [0, 0.1) is 15.3 Å². The number of quaternary nitrogens is 1. The first-order chi connectivity index (χ1) is 4.65. The largest absolute Gasteiger partial charge is 0.391 e. The smallest absolute Gasteiger partial charge is 0.0990 e. The van der Waals surface area contributed by atoms with Crippen molar-refractivity contribution in [1.29, 1.82) is 0 Å². The molecule has 6 nitrogen and oxygen atoms in total. The SMILES string of the molecule is CC[NH2+]CCO.O=[N+]([O-])[O-]. The average molecular weight is 152 g/mol. The minimum Gasteiger partial charge on any atom is -0.391 e. The van der Waals surface area contributed by atoms with Gasteiger partial charge in [-0.3, -0.25) is 0 Å². The lowest BCUT2D eigenvalue weighted by Gasteiger charge is -1.88. The van der Waals surface area contributed by atoms with E-state index in [2.05, 4.69) is 12.2 Å². The standard InChI is InChI=1S/C4H11NO.NO3/c1-2-5-3-4-6;2-1(3)4/h5-6H,2-4H2,1H3;/q;-1/p+1. The maximum Gasteiger partial charge on any atom is 0.0990 e. The fourth-order valence-electron chi connectivity index (χ4n) is 0.295. The summed E-state index contributed by atoms with van der Waals surface area (Å²) in [6.07, 6.45) is 0. The van der Waals surface area contributed by atoms with E-state index in [1.54, 1.807) is 0 Å². The van der Waals surface area contributed by atoms with Crippen molar-refractivity contribution in [2.75, 3.05) is 19.7 Å². The highest BCUT2D eigenvalue weighted by Gasteiger charge is 1.76.